The molecule has 0 aromatic heterocycles. The van der Waals surface area contributed by atoms with E-state index in [1.54, 1.807) is 11.8 Å². The van der Waals surface area contributed by atoms with E-state index in [2.05, 4.69) is 81.4 Å². The number of hydrogen-bond acceptors (Lipinski definition) is 3. The molecular formula is C20H28O2SSi. The van der Waals surface area contributed by atoms with Crippen LogP contribution in [0.5, 0.6) is 0 Å². The number of aliphatic hydroxyl groups excluding tert-OH is 1. The minimum atomic E-state index is -2.39. The van der Waals surface area contributed by atoms with Gasteiger partial charge in [0.15, 0.2) is 0 Å². The standard InChI is InChI=1S/C20H28O2SSi/c1-20(2,3)24(18-10-6-4-7-11-18,19-12-8-5-9-13-19)22-15-17-23-16-14-21/h4-13,21H,14-17H2,1-3H3. The molecule has 0 unspecified atom stereocenters. The lowest BCUT2D eigenvalue weighted by Gasteiger charge is -2.43. The van der Waals surface area contributed by atoms with Crippen LogP contribution in [0.4, 0.5) is 0 Å². The van der Waals surface area contributed by atoms with Gasteiger partial charge in [0.1, 0.15) is 0 Å². The molecule has 2 aromatic carbocycles. The second kappa shape index (κ2) is 8.86. The van der Waals surface area contributed by atoms with E-state index in [0.29, 0.717) is 6.61 Å². The van der Waals surface area contributed by atoms with E-state index in [1.807, 2.05) is 0 Å². The van der Waals surface area contributed by atoms with Crippen molar-refractivity contribution in [2.45, 2.75) is 25.8 Å². The minimum absolute atomic E-state index is 0.0252. The molecule has 130 valence electrons. The number of aliphatic hydroxyl groups is 1. The lowest BCUT2D eigenvalue weighted by molar-refractivity contribution is 0.318. The van der Waals surface area contributed by atoms with Gasteiger partial charge in [-0.15, -0.1) is 0 Å². The summed E-state index contributed by atoms with van der Waals surface area (Å²) in [5.74, 6) is 1.68. The average Bonchev–Trinajstić information content (AvgIpc) is 2.59. The molecule has 1 N–H and O–H groups in total. The van der Waals surface area contributed by atoms with Gasteiger partial charge in [0.25, 0.3) is 8.32 Å². The second-order valence-corrected chi connectivity index (χ2v) is 12.4. The molecule has 24 heavy (non-hydrogen) atoms. The molecule has 2 nitrogen and oxygen atoms in total. The third-order valence-electron chi connectivity index (χ3n) is 4.20. The SMILES string of the molecule is CC(C)(C)[Si](OCCSCCO)(c1ccccc1)c1ccccc1. The summed E-state index contributed by atoms with van der Waals surface area (Å²) < 4.78 is 6.75. The second-order valence-electron chi connectivity index (χ2n) is 6.85. The Balaban J connectivity index is 2.42. The van der Waals surface area contributed by atoms with E-state index in [1.165, 1.54) is 10.4 Å². The van der Waals surface area contributed by atoms with E-state index in [-0.39, 0.29) is 11.6 Å². The fourth-order valence-corrected chi connectivity index (χ4v) is 8.43. The largest absolute Gasteiger partial charge is 0.407 e. The molecule has 0 bridgehead atoms. The predicted octanol–water partition coefficient (Wildman–Crippen LogP) is 3.29. The molecule has 0 spiro atoms. The molecule has 2 rings (SSSR count). The molecule has 0 atom stereocenters. The third kappa shape index (κ3) is 4.31. The molecular weight excluding hydrogens is 332 g/mol. The number of benzene rings is 2. The summed E-state index contributed by atoms with van der Waals surface area (Å²) in [6.45, 7) is 7.81. The maximum Gasteiger partial charge on any atom is 0.261 e. The molecule has 0 amide bonds. The fraction of sp³-hybridized carbons (Fsp3) is 0.400. The van der Waals surface area contributed by atoms with E-state index in [9.17, 15) is 0 Å². The first-order chi connectivity index (χ1) is 11.5. The zero-order valence-electron chi connectivity index (χ0n) is 14.9. The lowest BCUT2D eigenvalue weighted by Crippen LogP contribution is -2.66. The van der Waals surface area contributed by atoms with Gasteiger partial charge in [-0.3, -0.25) is 0 Å². The highest BCUT2D eigenvalue weighted by molar-refractivity contribution is 7.99. The van der Waals surface area contributed by atoms with Crippen LogP contribution >= 0.6 is 11.8 Å². The van der Waals surface area contributed by atoms with Crippen LogP contribution in [-0.4, -0.2) is 38.1 Å². The number of hydrogen-bond donors (Lipinski definition) is 1. The van der Waals surface area contributed by atoms with Gasteiger partial charge < -0.3 is 9.53 Å². The summed E-state index contributed by atoms with van der Waals surface area (Å²) in [4.78, 5) is 0. The van der Waals surface area contributed by atoms with Crippen molar-refractivity contribution in [3.05, 3.63) is 60.7 Å². The maximum absolute atomic E-state index is 8.96. The monoisotopic (exact) mass is 360 g/mol. The zero-order chi connectivity index (χ0) is 17.5. The van der Waals surface area contributed by atoms with E-state index >= 15 is 0 Å². The van der Waals surface area contributed by atoms with E-state index in [4.69, 9.17) is 9.53 Å². The highest BCUT2D eigenvalue weighted by Gasteiger charge is 2.49. The van der Waals surface area contributed by atoms with Gasteiger partial charge in [-0.05, 0) is 15.4 Å². The molecule has 4 heteroatoms. The van der Waals surface area contributed by atoms with Gasteiger partial charge in [0, 0.05) is 18.1 Å². The highest BCUT2D eigenvalue weighted by Crippen LogP contribution is 2.36. The molecule has 0 aliphatic carbocycles. The van der Waals surface area contributed by atoms with Crippen LogP contribution in [0.15, 0.2) is 60.7 Å². The summed E-state index contributed by atoms with van der Waals surface area (Å²) in [6.07, 6.45) is 0. The molecule has 0 aliphatic rings. The Labute approximate surface area is 151 Å². The van der Waals surface area contributed by atoms with Crippen LogP contribution in [0.2, 0.25) is 5.04 Å². The summed E-state index contributed by atoms with van der Waals surface area (Å²) in [5.41, 5.74) is 0. The van der Waals surface area contributed by atoms with Gasteiger partial charge >= 0.3 is 0 Å². The molecule has 0 saturated carbocycles. The Bertz CT molecular complexity index is 557. The van der Waals surface area contributed by atoms with Crippen molar-refractivity contribution >= 4 is 30.5 Å². The third-order valence-corrected chi connectivity index (χ3v) is 10.2. The van der Waals surface area contributed by atoms with Gasteiger partial charge in [-0.1, -0.05) is 81.4 Å². The van der Waals surface area contributed by atoms with Gasteiger partial charge in [-0.2, -0.15) is 11.8 Å². The van der Waals surface area contributed by atoms with Crippen molar-refractivity contribution in [2.75, 3.05) is 24.7 Å². The Morgan fingerprint density at radius 1 is 0.875 bits per heavy atom. The Hall–Kier alpha value is -1.07. The lowest BCUT2D eigenvalue weighted by atomic mass is 10.2. The first kappa shape index (κ1) is 19.3. The van der Waals surface area contributed by atoms with Crippen molar-refractivity contribution in [3.8, 4) is 0 Å². The minimum Gasteiger partial charge on any atom is -0.407 e. The Morgan fingerprint density at radius 3 is 1.79 bits per heavy atom. The summed E-state index contributed by atoms with van der Waals surface area (Å²) in [7, 11) is -2.39. The normalized spacial score (nSPS) is 12.3. The predicted molar refractivity (Wildman–Crippen MR) is 108 cm³/mol. The van der Waals surface area contributed by atoms with Crippen LogP contribution in [0.3, 0.4) is 0 Å². The Kier molecular flexibility index (Phi) is 7.11. The number of rotatable bonds is 8. The molecule has 0 saturated heterocycles. The molecule has 0 radical (unpaired) electrons. The Morgan fingerprint density at radius 2 is 1.38 bits per heavy atom. The van der Waals surface area contributed by atoms with Crippen LogP contribution in [0.25, 0.3) is 0 Å². The zero-order valence-corrected chi connectivity index (χ0v) is 16.7. The summed E-state index contributed by atoms with van der Waals surface area (Å²) >= 11 is 1.74. The quantitative estimate of drug-likeness (QED) is 0.579. The molecule has 0 heterocycles. The van der Waals surface area contributed by atoms with Crippen molar-refractivity contribution in [1.29, 1.82) is 0 Å². The molecule has 0 fully saturated rings. The summed E-state index contributed by atoms with van der Waals surface area (Å²) in [5, 5.41) is 11.6. The average molecular weight is 361 g/mol. The molecule has 0 aliphatic heterocycles. The topological polar surface area (TPSA) is 29.5 Å². The van der Waals surface area contributed by atoms with Crippen molar-refractivity contribution in [3.63, 3.8) is 0 Å². The van der Waals surface area contributed by atoms with Crippen molar-refractivity contribution in [1.82, 2.24) is 0 Å². The van der Waals surface area contributed by atoms with Crippen LogP contribution < -0.4 is 10.4 Å². The van der Waals surface area contributed by atoms with E-state index in [0.717, 1.165) is 11.5 Å². The van der Waals surface area contributed by atoms with Crippen molar-refractivity contribution < 1.29 is 9.53 Å². The van der Waals surface area contributed by atoms with Gasteiger partial charge in [-0.25, -0.2) is 0 Å². The van der Waals surface area contributed by atoms with E-state index < -0.39 is 8.32 Å². The smallest absolute Gasteiger partial charge is 0.261 e. The molecule has 2 aromatic rings. The maximum atomic E-state index is 8.96. The fourth-order valence-electron chi connectivity index (χ4n) is 3.18. The van der Waals surface area contributed by atoms with Gasteiger partial charge in [0.2, 0.25) is 0 Å². The first-order valence-electron chi connectivity index (χ1n) is 8.46. The van der Waals surface area contributed by atoms with Crippen LogP contribution in [0.1, 0.15) is 20.8 Å². The van der Waals surface area contributed by atoms with Crippen LogP contribution in [0, 0.1) is 0 Å². The van der Waals surface area contributed by atoms with Crippen molar-refractivity contribution in [2.24, 2.45) is 0 Å². The number of thioether (sulfide) groups is 1. The first-order valence-corrected chi connectivity index (χ1v) is 11.5. The van der Waals surface area contributed by atoms with Gasteiger partial charge in [0.05, 0.1) is 6.61 Å². The summed E-state index contributed by atoms with van der Waals surface area (Å²) in [6, 6.07) is 21.4. The highest BCUT2D eigenvalue weighted by atomic mass is 32.2. The van der Waals surface area contributed by atoms with Crippen LogP contribution in [-0.2, 0) is 4.43 Å².